The van der Waals surface area contributed by atoms with Gasteiger partial charge in [0.1, 0.15) is 0 Å². The van der Waals surface area contributed by atoms with Gasteiger partial charge < -0.3 is 10.4 Å². The average Bonchev–Trinajstić information content (AvgIpc) is 2.52. The number of aliphatic hydroxyl groups is 1. The molecule has 0 aliphatic rings. The Morgan fingerprint density at radius 1 is 1.18 bits per heavy atom. The Kier molecular flexibility index (Phi) is 5.58. The highest BCUT2D eigenvalue weighted by atomic mass is 35.5. The van der Waals surface area contributed by atoms with Crippen LogP contribution in [0.25, 0.3) is 0 Å². The zero-order valence-corrected chi connectivity index (χ0v) is 13.3. The molecule has 22 heavy (non-hydrogen) atoms. The monoisotopic (exact) mass is 317 g/mol. The fraction of sp³-hybridized carbons (Fsp3) is 0.278. The summed E-state index contributed by atoms with van der Waals surface area (Å²) in [6.07, 6.45) is 1.34. The molecule has 1 amide bonds. The van der Waals surface area contributed by atoms with Crippen molar-refractivity contribution in [3.8, 4) is 0 Å². The summed E-state index contributed by atoms with van der Waals surface area (Å²) in [6, 6.07) is 16.7. The Balaban J connectivity index is 1.85. The lowest BCUT2D eigenvalue weighted by Crippen LogP contribution is -2.41. The fourth-order valence-corrected chi connectivity index (χ4v) is 2.34. The first-order valence-electron chi connectivity index (χ1n) is 7.26. The van der Waals surface area contributed by atoms with Crippen LogP contribution >= 0.6 is 11.6 Å². The standard InChI is InChI=1S/C18H20ClNO2/c1-18(22,11-10-14-6-3-2-4-7-14)13-20-17(21)15-8-5-9-16(19)12-15/h2-9,12,22H,10-11,13H2,1H3,(H,20,21). The van der Waals surface area contributed by atoms with Crippen molar-refractivity contribution in [1.29, 1.82) is 0 Å². The van der Waals surface area contributed by atoms with E-state index in [1.165, 1.54) is 5.56 Å². The second-order valence-electron chi connectivity index (χ2n) is 5.68. The van der Waals surface area contributed by atoms with Crippen molar-refractivity contribution < 1.29 is 9.90 Å². The van der Waals surface area contributed by atoms with Crippen LogP contribution in [0.1, 0.15) is 29.3 Å². The minimum absolute atomic E-state index is 0.200. The molecule has 1 atom stereocenters. The first-order chi connectivity index (χ1) is 10.5. The topological polar surface area (TPSA) is 49.3 Å². The highest BCUT2D eigenvalue weighted by Gasteiger charge is 2.21. The summed E-state index contributed by atoms with van der Waals surface area (Å²) < 4.78 is 0. The molecule has 0 radical (unpaired) electrons. The molecule has 0 aliphatic carbocycles. The van der Waals surface area contributed by atoms with Crippen LogP contribution in [0.2, 0.25) is 5.02 Å². The van der Waals surface area contributed by atoms with E-state index in [0.29, 0.717) is 17.0 Å². The third-order valence-electron chi connectivity index (χ3n) is 3.51. The first-order valence-corrected chi connectivity index (χ1v) is 7.64. The Morgan fingerprint density at radius 3 is 2.59 bits per heavy atom. The first kappa shape index (κ1) is 16.5. The third-order valence-corrected chi connectivity index (χ3v) is 3.75. The Hall–Kier alpha value is -1.84. The lowest BCUT2D eigenvalue weighted by molar-refractivity contribution is 0.0478. The molecule has 0 saturated heterocycles. The van der Waals surface area contributed by atoms with Gasteiger partial charge in [0.15, 0.2) is 0 Å². The van der Waals surface area contributed by atoms with Gasteiger partial charge in [0, 0.05) is 17.1 Å². The van der Waals surface area contributed by atoms with E-state index in [1.807, 2.05) is 30.3 Å². The second-order valence-corrected chi connectivity index (χ2v) is 6.11. The summed E-state index contributed by atoms with van der Waals surface area (Å²) in [4.78, 5) is 12.0. The maximum absolute atomic E-state index is 12.0. The van der Waals surface area contributed by atoms with Crippen molar-refractivity contribution in [3.05, 3.63) is 70.7 Å². The lowest BCUT2D eigenvalue weighted by atomic mass is 9.96. The van der Waals surface area contributed by atoms with Gasteiger partial charge in [0.05, 0.1) is 5.60 Å². The third kappa shape index (κ3) is 5.17. The highest BCUT2D eigenvalue weighted by molar-refractivity contribution is 6.30. The SMILES string of the molecule is CC(O)(CCc1ccccc1)CNC(=O)c1cccc(Cl)c1. The molecule has 4 heteroatoms. The molecule has 116 valence electrons. The minimum atomic E-state index is -0.954. The molecule has 0 spiro atoms. The normalized spacial score (nSPS) is 13.4. The fourth-order valence-electron chi connectivity index (χ4n) is 2.15. The van der Waals surface area contributed by atoms with E-state index in [4.69, 9.17) is 11.6 Å². The zero-order valence-electron chi connectivity index (χ0n) is 12.6. The summed E-state index contributed by atoms with van der Waals surface area (Å²) in [5, 5.41) is 13.7. The van der Waals surface area contributed by atoms with Gasteiger partial charge in [-0.25, -0.2) is 0 Å². The number of nitrogens with one attached hydrogen (secondary N) is 1. The van der Waals surface area contributed by atoms with Crippen LogP contribution in [0.4, 0.5) is 0 Å². The van der Waals surface area contributed by atoms with E-state index in [0.717, 1.165) is 6.42 Å². The number of aryl methyl sites for hydroxylation is 1. The van der Waals surface area contributed by atoms with Crippen LogP contribution in [-0.4, -0.2) is 23.2 Å². The van der Waals surface area contributed by atoms with E-state index in [9.17, 15) is 9.90 Å². The van der Waals surface area contributed by atoms with Crippen molar-refractivity contribution in [2.45, 2.75) is 25.4 Å². The van der Waals surface area contributed by atoms with Crippen molar-refractivity contribution in [3.63, 3.8) is 0 Å². The number of benzene rings is 2. The number of hydrogen-bond acceptors (Lipinski definition) is 2. The number of amides is 1. The molecule has 2 N–H and O–H groups in total. The van der Waals surface area contributed by atoms with Gasteiger partial charge in [-0.3, -0.25) is 4.79 Å². The van der Waals surface area contributed by atoms with Gasteiger partial charge in [-0.15, -0.1) is 0 Å². The van der Waals surface area contributed by atoms with Gasteiger partial charge in [-0.05, 0) is 43.5 Å². The molecule has 0 aliphatic heterocycles. The molecule has 2 rings (SSSR count). The van der Waals surface area contributed by atoms with Gasteiger partial charge in [-0.1, -0.05) is 48.0 Å². The molecule has 2 aromatic carbocycles. The van der Waals surface area contributed by atoms with Gasteiger partial charge in [-0.2, -0.15) is 0 Å². The largest absolute Gasteiger partial charge is 0.388 e. The van der Waals surface area contributed by atoms with Crippen LogP contribution in [-0.2, 0) is 6.42 Å². The van der Waals surface area contributed by atoms with Crippen LogP contribution in [0.15, 0.2) is 54.6 Å². The van der Waals surface area contributed by atoms with E-state index < -0.39 is 5.60 Å². The van der Waals surface area contributed by atoms with Crippen molar-refractivity contribution in [2.24, 2.45) is 0 Å². The van der Waals surface area contributed by atoms with E-state index in [-0.39, 0.29) is 12.5 Å². The van der Waals surface area contributed by atoms with Crippen molar-refractivity contribution >= 4 is 17.5 Å². The average molecular weight is 318 g/mol. The molecular formula is C18H20ClNO2. The highest BCUT2D eigenvalue weighted by Crippen LogP contribution is 2.14. The van der Waals surface area contributed by atoms with E-state index >= 15 is 0 Å². The summed E-state index contributed by atoms with van der Waals surface area (Å²) in [6.45, 7) is 1.93. The molecular weight excluding hydrogens is 298 g/mol. The predicted molar refractivity (Wildman–Crippen MR) is 89.2 cm³/mol. The maximum atomic E-state index is 12.0. The molecule has 0 saturated carbocycles. The van der Waals surface area contributed by atoms with Crippen LogP contribution in [0.3, 0.4) is 0 Å². The van der Waals surface area contributed by atoms with Gasteiger partial charge in [0.25, 0.3) is 5.91 Å². The summed E-state index contributed by atoms with van der Waals surface area (Å²) in [5.41, 5.74) is 0.708. The molecule has 0 bridgehead atoms. The predicted octanol–water partition coefficient (Wildman–Crippen LogP) is 3.45. The number of hydrogen-bond donors (Lipinski definition) is 2. The van der Waals surface area contributed by atoms with E-state index in [1.54, 1.807) is 31.2 Å². The summed E-state index contributed by atoms with van der Waals surface area (Å²) >= 11 is 5.87. The molecule has 0 heterocycles. The minimum Gasteiger partial charge on any atom is -0.388 e. The molecule has 0 fully saturated rings. The quantitative estimate of drug-likeness (QED) is 0.857. The Morgan fingerprint density at radius 2 is 1.91 bits per heavy atom. The van der Waals surface area contributed by atoms with Gasteiger partial charge in [0.2, 0.25) is 0 Å². The van der Waals surface area contributed by atoms with Crippen molar-refractivity contribution in [1.82, 2.24) is 5.32 Å². The van der Waals surface area contributed by atoms with E-state index in [2.05, 4.69) is 5.32 Å². The summed E-state index contributed by atoms with van der Waals surface area (Å²) in [7, 11) is 0. The zero-order chi connectivity index (χ0) is 16.0. The molecule has 1 unspecified atom stereocenters. The maximum Gasteiger partial charge on any atom is 0.251 e. The number of carbonyl (C=O) groups is 1. The molecule has 2 aromatic rings. The van der Waals surface area contributed by atoms with Crippen LogP contribution in [0, 0.1) is 0 Å². The summed E-state index contributed by atoms with van der Waals surface area (Å²) in [5.74, 6) is -0.234. The van der Waals surface area contributed by atoms with Crippen LogP contribution < -0.4 is 5.32 Å². The second kappa shape index (κ2) is 7.43. The lowest BCUT2D eigenvalue weighted by Gasteiger charge is -2.23. The Labute approximate surface area is 135 Å². The van der Waals surface area contributed by atoms with Gasteiger partial charge >= 0.3 is 0 Å². The molecule has 3 nitrogen and oxygen atoms in total. The van der Waals surface area contributed by atoms with Crippen molar-refractivity contribution in [2.75, 3.05) is 6.54 Å². The Bertz CT molecular complexity index is 626. The number of halogens is 1. The molecule has 0 aromatic heterocycles. The van der Waals surface area contributed by atoms with Crippen LogP contribution in [0.5, 0.6) is 0 Å². The number of carbonyl (C=O) groups excluding carboxylic acids is 1. The number of rotatable bonds is 6. The smallest absolute Gasteiger partial charge is 0.251 e.